The molecule has 114 valence electrons. The van der Waals surface area contributed by atoms with Crippen molar-refractivity contribution in [1.29, 1.82) is 0 Å². The minimum absolute atomic E-state index is 0.0302. The standard InChI is InChI=1S/C12H12ClNO5S2/c1-6-10(12(15)16)11(7(2)19-6)21(17,18)14-5-8-3-4-9(13)20-8/h3-4,14H,5H2,1-2H3,(H,15,16). The highest BCUT2D eigenvalue weighted by atomic mass is 35.5. The average molecular weight is 350 g/mol. The minimum atomic E-state index is -4.00. The molecular formula is C12H12ClNO5S2. The number of rotatable bonds is 5. The number of carbonyl (C=O) groups is 1. The van der Waals surface area contributed by atoms with Gasteiger partial charge in [0.1, 0.15) is 22.0 Å². The molecule has 6 nitrogen and oxygen atoms in total. The SMILES string of the molecule is Cc1oc(C)c(S(=O)(=O)NCc2ccc(Cl)s2)c1C(=O)O. The molecule has 0 saturated carbocycles. The van der Waals surface area contributed by atoms with E-state index >= 15 is 0 Å². The lowest BCUT2D eigenvalue weighted by molar-refractivity contribution is 0.0691. The topological polar surface area (TPSA) is 96.6 Å². The molecule has 0 fully saturated rings. The second-order valence-electron chi connectivity index (χ2n) is 4.25. The van der Waals surface area contributed by atoms with Crippen molar-refractivity contribution in [2.75, 3.05) is 0 Å². The molecule has 0 amide bonds. The maximum absolute atomic E-state index is 12.3. The van der Waals surface area contributed by atoms with Gasteiger partial charge in [0.15, 0.2) is 0 Å². The fourth-order valence-electron chi connectivity index (χ4n) is 1.92. The predicted octanol–water partition coefficient (Wildman–Crippen LogP) is 2.79. The fourth-order valence-corrected chi connectivity index (χ4v) is 4.45. The van der Waals surface area contributed by atoms with Crippen molar-refractivity contribution in [1.82, 2.24) is 4.72 Å². The summed E-state index contributed by atoms with van der Waals surface area (Å²) in [4.78, 5) is 11.6. The third-order valence-electron chi connectivity index (χ3n) is 2.75. The third-order valence-corrected chi connectivity index (χ3v) is 5.54. The van der Waals surface area contributed by atoms with Crippen molar-refractivity contribution < 1.29 is 22.7 Å². The summed E-state index contributed by atoms with van der Waals surface area (Å²) < 4.78 is 32.7. The highest BCUT2D eigenvalue weighted by Crippen LogP contribution is 2.27. The highest BCUT2D eigenvalue weighted by Gasteiger charge is 2.30. The van der Waals surface area contributed by atoms with Crippen LogP contribution < -0.4 is 4.72 Å². The molecule has 21 heavy (non-hydrogen) atoms. The van der Waals surface area contributed by atoms with Crippen LogP contribution in [-0.4, -0.2) is 19.5 Å². The zero-order chi connectivity index (χ0) is 15.8. The van der Waals surface area contributed by atoms with Crippen LogP contribution in [0.5, 0.6) is 0 Å². The number of sulfonamides is 1. The Kier molecular flexibility index (Phi) is 4.43. The highest BCUT2D eigenvalue weighted by molar-refractivity contribution is 7.89. The van der Waals surface area contributed by atoms with E-state index in [1.54, 1.807) is 12.1 Å². The Balaban J connectivity index is 2.34. The maximum atomic E-state index is 12.3. The zero-order valence-corrected chi connectivity index (χ0v) is 13.5. The number of halogens is 1. The van der Waals surface area contributed by atoms with Gasteiger partial charge in [-0.05, 0) is 26.0 Å². The monoisotopic (exact) mass is 349 g/mol. The number of hydrogen-bond acceptors (Lipinski definition) is 5. The van der Waals surface area contributed by atoms with Gasteiger partial charge in [-0.25, -0.2) is 17.9 Å². The fraction of sp³-hybridized carbons (Fsp3) is 0.250. The maximum Gasteiger partial charge on any atom is 0.340 e. The number of nitrogens with one attached hydrogen (secondary N) is 1. The molecule has 0 aliphatic carbocycles. The first-order chi connectivity index (χ1) is 9.72. The Bertz CT molecular complexity index is 791. The Labute approximate surface area is 130 Å². The lowest BCUT2D eigenvalue weighted by Gasteiger charge is -2.05. The molecule has 0 spiro atoms. The van der Waals surface area contributed by atoms with Gasteiger partial charge < -0.3 is 9.52 Å². The van der Waals surface area contributed by atoms with Crippen molar-refractivity contribution >= 4 is 38.9 Å². The number of hydrogen-bond donors (Lipinski definition) is 2. The summed E-state index contributed by atoms with van der Waals surface area (Å²) >= 11 is 7.01. The van der Waals surface area contributed by atoms with E-state index in [0.717, 1.165) is 4.88 Å². The number of furan rings is 1. The van der Waals surface area contributed by atoms with Crippen molar-refractivity contribution in [3.63, 3.8) is 0 Å². The lowest BCUT2D eigenvalue weighted by Crippen LogP contribution is -2.25. The molecule has 2 aromatic heterocycles. The van der Waals surface area contributed by atoms with Crippen LogP contribution >= 0.6 is 22.9 Å². The Morgan fingerprint density at radius 3 is 2.57 bits per heavy atom. The summed E-state index contributed by atoms with van der Waals surface area (Å²) in [6, 6.07) is 3.35. The van der Waals surface area contributed by atoms with Gasteiger partial charge in [0.25, 0.3) is 0 Å². The number of aryl methyl sites for hydroxylation is 2. The summed E-state index contributed by atoms with van der Waals surface area (Å²) in [7, 11) is -4.00. The van der Waals surface area contributed by atoms with Crippen LogP contribution in [0.3, 0.4) is 0 Å². The van der Waals surface area contributed by atoms with Gasteiger partial charge in [-0.3, -0.25) is 0 Å². The molecule has 2 aromatic rings. The van der Waals surface area contributed by atoms with E-state index in [-0.39, 0.29) is 28.5 Å². The van der Waals surface area contributed by atoms with Crippen molar-refractivity contribution in [3.8, 4) is 0 Å². The smallest absolute Gasteiger partial charge is 0.340 e. The van der Waals surface area contributed by atoms with E-state index in [9.17, 15) is 13.2 Å². The van der Waals surface area contributed by atoms with Gasteiger partial charge in [-0.2, -0.15) is 0 Å². The Morgan fingerprint density at radius 1 is 1.38 bits per heavy atom. The van der Waals surface area contributed by atoms with Crippen molar-refractivity contribution in [2.24, 2.45) is 0 Å². The number of thiophene rings is 1. The third kappa shape index (κ3) is 3.29. The van der Waals surface area contributed by atoms with Crippen LogP contribution in [0, 0.1) is 13.8 Å². The van der Waals surface area contributed by atoms with Crippen LogP contribution in [0.1, 0.15) is 26.8 Å². The van der Waals surface area contributed by atoms with Crippen LogP contribution in [0.4, 0.5) is 0 Å². The summed E-state index contributed by atoms with van der Waals surface area (Å²) in [5, 5.41) is 9.14. The van der Waals surface area contributed by atoms with E-state index in [0.29, 0.717) is 4.34 Å². The average Bonchev–Trinajstić information content (AvgIpc) is 2.90. The molecule has 0 saturated heterocycles. The van der Waals surface area contributed by atoms with E-state index in [2.05, 4.69) is 4.72 Å². The first-order valence-electron chi connectivity index (χ1n) is 5.79. The van der Waals surface area contributed by atoms with E-state index in [1.807, 2.05) is 0 Å². The molecule has 0 aliphatic heterocycles. The van der Waals surface area contributed by atoms with Crippen molar-refractivity contribution in [3.05, 3.63) is 38.4 Å². The molecule has 0 atom stereocenters. The summed E-state index contributed by atoms with van der Waals surface area (Å²) in [6.07, 6.45) is 0. The van der Waals surface area contributed by atoms with E-state index < -0.39 is 16.0 Å². The zero-order valence-electron chi connectivity index (χ0n) is 11.1. The molecule has 2 N–H and O–H groups in total. The molecule has 0 bridgehead atoms. The van der Waals surface area contributed by atoms with Gasteiger partial charge in [0.05, 0.1) is 4.34 Å². The largest absolute Gasteiger partial charge is 0.478 e. The molecule has 2 rings (SSSR count). The van der Waals surface area contributed by atoms with Crippen LogP contribution in [0.2, 0.25) is 4.34 Å². The molecular weight excluding hydrogens is 338 g/mol. The van der Waals surface area contributed by atoms with Crippen LogP contribution in [0.25, 0.3) is 0 Å². The van der Waals surface area contributed by atoms with Gasteiger partial charge in [-0.15, -0.1) is 11.3 Å². The molecule has 0 aliphatic rings. The van der Waals surface area contributed by atoms with Gasteiger partial charge >= 0.3 is 5.97 Å². The quantitative estimate of drug-likeness (QED) is 0.865. The normalized spacial score (nSPS) is 11.8. The number of carboxylic acids is 1. The predicted molar refractivity (Wildman–Crippen MR) is 78.5 cm³/mol. The molecule has 2 heterocycles. The lowest BCUT2D eigenvalue weighted by atomic mass is 10.2. The Hall–Kier alpha value is -1.35. The molecule has 0 unspecified atom stereocenters. The minimum Gasteiger partial charge on any atom is -0.478 e. The number of carboxylic acid groups (broad SMARTS) is 1. The summed E-state index contributed by atoms with van der Waals surface area (Å²) in [6.45, 7) is 2.85. The summed E-state index contributed by atoms with van der Waals surface area (Å²) in [5.41, 5.74) is -0.343. The van der Waals surface area contributed by atoms with Crippen molar-refractivity contribution in [2.45, 2.75) is 25.3 Å². The molecule has 0 radical (unpaired) electrons. The van der Waals surface area contributed by atoms with Gasteiger partial charge in [-0.1, -0.05) is 11.6 Å². The Morgan fingerprint density at radius 2 is 2.05 bits per heavy atom. The van der Waals surface area contributed by atoms with Gasteiger partial charge in [0.2, 0.25) is 10.0 Å². The number of aromatic carboxylic acids is 1. The van der Waals surface area contributed by atoms with Crippen LogP contribution in [-0.2, 0) is 16.6 Å². The van der Waals surface area contributed by atoms with Gasteiger partial charge in [0, 0.05) is 11.4 Å². The molecule has 0 aromatic carbocycles. The second-order valence-corrected chi connectivity index (χ2v) is 7.76. The summed E-state index contributed by atoms with van der Waals surface area (Å²) in [5.74, 6) is -1.25. The van der Waals surface area contributed by atoms with Crippen LogP contribution in [0.15, 0.2) is 21.4 Å². The first-order valence-corrected chi connectivity index (χ1v) is 8.47. The first kappa shape index (κ1) is 16.0. The van der Waals surface area contributed by atoms with E-state index in [4.69, 9.17) is 21.1 Å². The second kappa shape index (κ2) is 5.80. The van der Waals surface area contributed by atoms with E-state index in [1.165, 1.54) is 25.2 Å². The molecule has 9 heteroatoms.